The van der Waals surface area contributed by atoms with Crippen molar-refractivity contribution in [3.05, 3.63) is 29.8 Å². The Kier molecular flexibility index (Phi) is 5.77. The fourth-order valence-electron chi connectivity index (χ4n) is 2.66. The molecule has 104 valence electrons. The molecule has 1 aromatic carbocycles. The molecule has 2 rings (SSSR count). The lowest BCUT2D eigenvalue weighted by Gasteiger charge is -2.22. The first-order valence-corrected chi connectivity index (χ1v) is 8.30. The summed E-state index contributed by atoms with van der Waals surface area (Å²) in [5, 5.41) is 3.12. The Balaban J connectivity index is 1.91. The first-order chi connectivity index (χ1) is 9.31. The second-order valence-electron chi connectivity index (χ2n) is 5.14. The summed E-state index contributed by atoms with van der Waals surface area (Å²) in [6.07, 6.45) is 6.54. The van der Waals surface area contributed by atoms with E-state index in [4.69, 9.17) is 0 Å². The molecular formula is C16H23NOS. The number of nitrogens with one attached hydrogen (secondary N) is 1. The summed E-state index contributed by atoms with van der Waals surface area (Å²) in [6, 6.07) is 7.89. The molecule has 1 fully saturated rings. The van der Waals surface area contributed by atoms with Gasteiger partial charge in [-0.1, -0.05) is 38.3 Å². The molecule has 0 atom stereocenters. The van der Waals surface area contributed by atoms with Gasteiger partial charge in [0.05, 0.1) is 5.56 Å². The predicted octanol–water partition coefficient (Wildman–Crippen LogP) is 4.11. The number of carbonyl (C=O) groups excluding carboxylic acids is 1. The number of hydrogen-bond acceptors (Lipinski definition) is 2. The standard InChI is InChI=1S/C16H23NOS/c1-2-19-15-11-7-6-10-14(15)16(18)17-12-13-8-4-3-5-9-13/h6-7,10-11,13H,2-5,8-9,12H2,1H3,(H,17,18). The molecule has 1 saturated carbocycles. The van der Waals surface area contributed by atoms with E-state index < -0.39 is 0 Å². The van der Waals surface area contributed by atoms with Crippen molar-refractivity contribution in [3.8, 4) is 0 Å². The van der Waals surface area contributed by atoms with Gasteiger partial charge in [0, 0.05) is 11.4 Å². The van der Waals surface area contributed by atoms with Crippen LogP contribution >= 0.6 is 11.8 Å². The van der Waals surface area contributed by atoms with Gasteiger partial charge in [-0.2, -0.15) is 0 Å². The minimum Gasteiger partial charge on any atom is -0.352 e. The minimum atomic E-state index is 0.0853. The Morgan fingerprint density at radius 1 is 1.26 bits per heavy atom. The molecule has 1 N–H and O–H groups in total. The maximum Gasteiger partial charge on any atom is 0.252 e. The third-order valence-electron chi connectivity index (χ3n) is 3.71. The molecule has 1 aliphatic rings. The lowest BCUT2D eigenvalue weighted by molar-refractivity contribution is 0.0940. The van der Waals surface area contributed by atoms with Gasteiger partial charge in [-0.3, -0.25) is 4.79 Å². The van der Waals surface area contributed by atoms with E-state index in [1.807, 2.05) is 24.3 Å². The fraction of sp³-hybridized carbons (Fsp3) is 0.562. The second-order valence-corrected chi connectivity index (χ2v) is 6.45. The predicted molar refractivity (Wildman–Crippen MR) is 81.7 cm³/mol. The summed E-state index contributed by atoms with van der Waals surface area (Å²) in [6.45, 7) is 2.95. The van der Waals surface area contributed by atoms with Gasteiger partial charge in [0.2, 0.25) is 0 Å². The van der Waals surface area contributed by atoms with Crippen LogP contribution < -0.4 is 5.32 Å². The van der Waals surface area contributed by atoms with Gasteiger partial charge < -0.3 is 5.32 Å². The highest BCUT2D eigenvalue weighted by atomic mass is 32.2. The van der Waals surface area contributed by atoms with Crippen LogP contribution in [0.15, 0.2) is 29.2 Å². The topological polar surface area (TPSA) is 29.1 Å². The number of thioether (sulfide) groups is 1. The van der Waals surface area contributed by atoms with Gasteiger partial charge in [0.15, 0.2) is 0 Å². The molecule has 1 aromatic rings. The van der Waals surface area contributed by atoms with E-state index in [9.17, 15) is 4.79 Å². The zero-order valence-electron chi connectivity index (χ0n) is 11.7. The smallest absolute Gasteiger partial charge is 0.252 e. The molecule has 0 aliphatic heterocycles. The van der Waals surface area contributed by atoms with Gasteiger partial charge >= 0.3 is 0 Å². The highest BCUT2D eigenvalue weighted by Gasteiger charge is 2.16. The van der Waals surface area contributed by atoms with Crippen molar-refractivity contribution in [1.29, 1.82) is 0 Å². The summed E-state index contributed by atoms with van der Waals surface area (Å²) < 4.78 is 0. The van der Waals surface area contributed by atoms with E-state index in [1.54, 1.807) is 11.8 Å². The third-order valence-corrected chi connectivity index (χ3v) is 4.66. The van der Waals surface area contributed by atoms with E-state index in [0.717, 1.165) is 22.8 Å². The molecule has 0 bridgehead atoms. The Bertz CT molecular complexity index is 413. The van der Waals surface area contributed by atoms with Gasteiger partial charge in [-0.05, 0) is 36.6 Å². The number of amides is 1. The van der Waals surface area contributed by atoms with Gasteiger partial charge in [0.25, 0.3) is 5.91 Å². The van der Waals surface area contributed by atoms with Crippen LogP contribution in [0.2, 0.25) is 0 Å². The zero-order chi connectivity index (χ0) is 13.5. The van der Waals surface area contributed by atoms with Crippen LogP contribution in [0, 0.1) is 5.92 Å². The largest absolute Gasteiger partial charge is 0.352 e. The Morgan fingerprint density at radius 2 is 2.00 bits per heavy atom. The molecule has 0 spiro atoms. The van der Waals surface area contributed by atoms with E-state index in [2.05, 4.69) is 12.2 Å². The van der Waals surface area contributed by atoms with E-state index in [-0.39, 0.29) is 5.91 Å². The lowest BCUT2D eigenvalue weighted by Crippen LogP contribution is -2.30. The van der Waals surface area contributed by atoms with Crippen LogP contribution in [-0.4, -0.2) is 18.2 Å². The quantitative estimate of drug-likeness (QED) is 0.821. The van der Waals surface area contributed by atoms with E-state index >= 15 is 0 Å². The molecule has 0 aromatic heterocycles. The van der Waals surface area contributed by atoms with Crippen molar-refractivity contribution < 1.29 is 4.79 Å². The van der Waals surface area contributed by atoms with Gasteiger partial charge in [-0.25, -0.2) is 0 Å². The van der Waals surface area contributed by atoms with Crippen LogP contribution in [0.5, 0.6) is 0 Å². The molecule has 1 amide bonds. The highest BCUT2D eigenvalue weighted by Crippen LogP contribution is 2.24. The average molecular weight is 277 g/mol. The molecule has 0 unspecified atom stereocenters. The summed E-state index contributed by atoms with van der Waals surface area (Å²) in [4.78, 5) is 13.3. The van der Waals surface area contributed by atoms with Crippen molar-refractivity contribution in [3.63, 3.8) is 0 Å². The third kappa shape index (κ3) is 4.27. The number of benzene rings is 1. The van der Waals surface area contributed by atoms with Crippen molar-refractivity contribution >= 4 is 17.7 Å². The zero-order valence-corrected chi connectivity index (χ0v) is 12.5. The molecule has 1 aliphatic carbocycles. The van der Waals surface area contributed by atoms with Crippen LogP contribution in [0.1, 0.15) is 49.4 Å². The van der Waals surface area contributed by atoms with E-state index in [1.165, 1.54) is 32.1 Å². The maximum atomic E-state index is 12.3. The van der Waals surface area contributed by atoms with Crippen molar-refractivity contribution in [2.75, 3.05) is 12.3 Å². The van der Waals surface area contributed by atoms with Gasteiger partial charge in [0.1, 0.15) is 0 Å². The number of carbonyl (C=O) groups is 1. The minimum absolute atomic E-state index is 0.0853. The summed E-state index contributed by atoms with van der Waals surface area (Å²) >= 11 is 1.73. The van der Waals surface area contributed by atoms with Crippen LogP contribution in [-0.2, 0) is 0 Å². The molecule has 2 nitrogen and oxygen atoms in total. The fourth-order valence-corrected chi connectivity index (χ4v) is 3.46. The van der Waals surface area contributed by atoms with Crippen molar-refractivity contribution in [2.24, 2.45) is 5.92 Å². The normalized spacial score (nSPS) is 16.3. The highest BCUT2D eigenvalue weighted by molar-refractivity contribution is 7.99. The maximum absolute atomic E-state index is 12.3. The number of hydrogen-bond donors (Lipinski definition) is 1. The molecular weight excluding hydrogens is 254 g/mol. The molecule has 3 heteroatoms. The first kappa shape index (κ1) is 14.4. The van der Waals surface area contributed by atoms with Crippen LogP contribution in [0.3, 0.4) is 0 Å². The van der Waals surface area contributed by atoms with Crippen LogP contribution in [0.4, 0.5) is 0 Å². The van der Waals surface area contributed by atoms with Gasteiger partial charge in [-0.15, -0.1) is 11.8 Å². The van der Waals surface area contributed by atoms with Crippen molar-refractivity contribution in [2.45, 2.75) is 43.9 Å². The Morgan fingerprint density at radius 3 is 2.74 bits per heavy atom. The second kappa shape index (κ2) is 7.59. The SMILES string of the molecule is CCSc1ccccc1C(=O)NCC1CCCCC1. The molecule has 0 radical (unpaired) electrons. The Labute approximate surface area is 120 Å². The van der Waals surface area contributed by atoms with Crippen molar-refractivity contribution in [1.82, 2.24) is 5.32 Å². The van der Waals surface area contributed by atoms with E-state index in [0.29, 0.717) is 5.92 Å². The average Bonchev–Trinajstić information content (AvgIpc) is 2.47. The first-order valence-electron chi connectivity index (χ1n) is 7.31. The molecule has 19 heavy (non-hydrogen) atoms. The lowest BCUT2D eigenvalue weighted by atomic mass is 9.89. The monoisotopic (exact) mass is 277 g/mol. The summed E-state index contributed by atoms with van der Waals surface area (Å²) in [5.41, 5.74) is 0.824. The molecule has 0 saturated heterocycles. The molecule has 0 heterocycles. The summed E-state index contributed by atoms with van der Waals surface area (Å²) in [5.74, 6) is 1.76. The summed E-state index contributed by atoms with van der Waals surface area (Å²) in [7, 11) is 0. The number of rotatable bonds is 5. The van der Waals surface area contributed by atoms with Crippen LogP contribution in [0.25, 0.3) is 0 Å². The Hall–Kier alpha value is -0.960.